The SMILES string of the molecule is Nc1oncc1-c1c(F)cccc1N1CCCC1. The maximum absolute atomic E-state index is 14.1. The van der Waals surface area contributed by atoms with Crippen molar-refractivity contribution in [2.24, 2.45) is 0 Å². The maximum Gasteiger partial charge on any atom is 0.230 e. The summed E-state index contributed by atoms with van der Waals surface area (Å²) in [6.07, 6.45) is 3.73. The second kappa shape index (κ2) is 4.33. The molecule has 0 amide bonds. The van der Waals surface area contributed by atoms with Crippen LogP contribution in [0.3, 0.4) is 0 Å². The summed E-state index contributed by atoms with van der Waals surface area (Å²) in [6, 6.07) is 5.06. The van der Waals surface area contributed by atoms with Crippen LogP contribution in [0.4, 0.5) is 16.0 Å². The van der Waals surface area contributed by atoms with E-state index in [4.69, 9.17) is 10.3 Å². The van der Waals surface area contributed by atoms with Gasteiger partial charge in [-0.05, 0) is 25.0 Å². The van der Waals surface area contributed by atoms with Crippen molar-refractivity contribution in [2.45, 2.75) is 12.8 Å². The number of rotatable bonds is 2. The fourth-order valence-corrected chi connectivity index (χ4v) is 2.44. The number of benzene rings is 1. The van der Waals surface area contributed by atoms with Gasteiger partial charge in [0.25, 0.3) is 0 Å². The second-order valence-electron chi connectivity index (χ2n) is 4.43. The summed E-state index contributed by atoms with van der Waals surface area (Å²) in [6.45, 7) is 1.89. The third-order valence-electron chi connectivity index (χ3n) is 3.31. The standard InChI is InChI=1S/C13H14FN3O/c14-10-4-3-5-11(17-6-1-2-7-17)12(10)9-8-16-18-13(9)15/h3-5,8H,1-2,6-7,15H2. The molecule has 5 heteroatoms. The van der Waals surface area contributed by atoms with Crippen LogP contribution in [0, 0.1) is 5.82 Å². The lowest BCUT2D eigenvalue weighted by atomic mass is 10.0. The summed E-state index contributed by atoms with van der Waals surface area (Å²) >= 11 is 0. The first-order valence-corrected chi connectivity index (χ1v) is 6.01. The molecule has 2 heterocycles. The van der Waals surface area contributed by atoms with E-state index in [0.717, 1.165) is 31.6 Å². The molecule has 2 N–H and O–H groups in total. The monoisotopic (exact) mass is 247 g/mol. The van der Waals surface area contributed by atoms with E-state index in [0.29, 0.717) is 11.1 Å². The van der Waals surface area contributed by atoms with E-state index in [1.807, 2.05) is 6.07 Å². The first-order valence-electron chi connectivity index (χ1n) is 6.01. The van der Waals surface area contributed by atoms with Crippen LogP contribution in [0.15, 0.2) is 28.9 Å². The molecular weight excluding hydrogens is 233 g/mol. The van der Waals surface area contributed by atoms with E-state index < -0.39 is 0 Å². The molecule has 0 spiro atoms. The summed E-state index contributed by atoms with van der Waals surface area (Å²) in [5.74, 6) is -0.144. The van der Waals surface area contributed by atoms with Gasteiger partial charge in [-0.2, -0.15) is 0 Å². The molecule has 0 saturated carbocycles. The Morgan fingerprint density at radius 1 is 1.28 bits per heavy atom. The third-order valence-corrected chi connectivity index (χ3v) is 3.31. The van der Waals surface area contributed by atoms with Crippen LogP contribution in [0.5, 0.6) is 0 Å². The number of nitrogen functional groups attached to an aromatic ring is 1. The van der Waals surface area contributed by atoms with Gasteiger partial charge in [0.15, 0.2) is 0 Å². The van der Waals surface area contributed by atoms with E-state index >= 15 is 0 Å². The number of nitrogens with zero attached hydrogens (tertiary/aromatic N) is 2. The smallest absolute Gasteiger partial charge is 0.230 e. The van der Waals surface area contributed by atoms with Crippen molar-refractivity contribution in [2.75, 3.05) is 23.7 Å². The van der Waals surface area contributed by atoms with Gasteiger partial charge >= 0.3 is 0 Å². The summed E-state index contributed by atoms with van der Waals surface area (Å²) < 4.78 is 18.9. The zero-order valence-electron chi connectivity index (χ0n) is 9.90. The van der Waals surface area contributed by atoms with E-state index in [2.05, 4.69) is 10.1 Å². The quantitative estimate of drug-likeness (QED) is 0.886. The van der Waals surface area contributed by atoms with Gasteiger partial charge in [0.1, 0.15) is 5.82 Å². The Labute approximate surface area is 104 Å². The molecule has 1 saturated heterocycles. The summed E-state index contributed by atoms with van der Waals surface area (Å²) in [5, 5.41) is 3.62. The minimum atomic E-state index is -0.297. The van der Waals surface area contributed by atoms with Gasteiger partial charge in [-0.15, -0.1) is 0 Å². The third kappa shape index (κ3) is 1.72. The first kappa shape index (κ1) is 11.1. The highest BCUT2D eigenvalue weighted by Crippen LogP contribution is 2.37. The lowest BCUT2D eigenvalue weighted by molar-refractivity contribution is 0.436. The Kier molecular flexibility index (Phi) is 2.66. The number of hydrogen-bond donors (Lipinski definition) is 1. The van der Waals surface area contributed by atoms with Crippen LogP contribution < -0.4 is 10.6 Å². The summed E-state index contributed by atoms with van der Waals surface area (Å²) in [5.41, 5.74) is 7.57. The molecule has 1 aromatic carbocycles. The molecule has 0 radical (unpaired) electrons. The highest BCUT2D eigenvalue weighted by molar-refractivity contribution is 5.83. The zero-order chi connectivity index (χ0) is 12.5. The highest BCUT2D eigenvalue weighted by atomic mass is 19.1. The first-order chi connectivity index (χ1) is 8.77. The number of anilines is 2. The Morgan fingerprint density at radius 3 is 2.72 bits per heavy atom. The van der Waals surface area contributed by atoms with Crippen molar-refractivity contribution in [1.29, 1.82) is 0 Å². The topological polar surface area (TPSA) is 55.3 Å². The molecule has 1 fully saturated rings. The Bertz CT molecular complexity index is 561. The van der Waals surface area contributed by atoms with Crippen molar-refractivity contribution < 1.29 is 8.91 Å². The zero-order valence-corrected chi connectivity index (χ0v) is 9.90. The van der Waals surface area contributed by atoms with Gasteiger partial charge in [-0.25, -0.2) is 4.39 Å². The molecule has 2 aromatic rings. The molecule has 0 unspecified atom stereocenters. The van der Waals surface area contributed by atoms with Gasteiger partial charge in [-0.1, -0.05) is 11.2 Å². The van der Waals surface area contributed by atoms with Gasteiger partial charge in [-0.3, -0.25) is 0 Å². The predicted molar refractivity (Wildman–Crippen MR) is 67.8 cm³/mol. The van der Waals surface area contributed by atoms with Gasteiger partial charge in [0.05, 0.1) is 11.8 Å². The van der Waals surface area contributed by atoms with Crippen LogP contribution in [0.25, 0.3) is 11.1 Å². The normalized spacial score (nSPS) is 15.3. The van der Waals surface area contributed by atoms with E-state index in [1.165, 1.54) is 12.3 Å². The van der Waals surface area contributed by atoms with E-state index in [1.54, 1.807) is 6.07 Å². The largest absolute Gasteiger partial charge is 0.371 e. The number of halogens is 1. The molecule has 1 aromatic heterocycles. The van der Waals surface area contributed by atoms with Gasteiger partial charge in [0, 0.05) is 24.3 Å². The average molecular weight is 247 g/mol. The van der Waals surface area contributed by atoms with Crippen LogP contribution in [0.2, 0.25) is 0 Å². The molecule has 18 heavy (non-hydrogen) atoms. The maximum atomic E-state index is 14.1. The lowest BCUT2D eigenvalue weighted by Gasteiger charge is -2.21. The molecule has 0 atom stereocenters. The molecule has 4 nitrogen and oxygen atoms in total. The molecule has 1 aliphatic rings. The molecular formula is C13H14FN3O. The van der Waals surface area contributed by atoms with E-state index in [9.17, 15) is 4.39 Å². The predicted octanol–water partition coefficient (Wildman–Crippen LogP) is 2.66. The summed E-state index contributed by atoms with van der Waals surface area (Å²) in [4.78, 5) is 2.17. The number of aromatic nitrogens is 1. The Hall–Kier alpha value is -2.04. The van der Waals surface area contributed by atoms with Crippen LogP contribution in [0.1, 0.15) is 12.8 Å². The Morgan fingerprint density at radius 2 is 2.06 bits per heavy atom. The molecule has 0 aliphatic carbocycles. The molecule has 94 valence electrons. The fraction of sp³-hybridized carbons (Fsp3) is 0.308. The highest BCUT2D eigenvalue weighted by Gasteiger charge is 2.21. The van der Waals surface area contributed by atoms with Crippen LogP contribution >= 0.6 is 0 Å². The van der Waals surface area contributed by atoms with Gasteiger partial charge in [0.2, 0.25) is 5.88 Å². The van der Waals surface area contributed by atoms with Crippen LogP contribution in [-0.4, -0.2) is 18.2 Å². The van der Waals surface area contributed by atoms with Crippen molar-refractivity contribution in [1.82, 2.24) is 5.16 Å². The second-order valence-corrected chi connectivity index (χ2v) is 4.43. The molecule has 3 rings (SSSR count). The van der Waals surface area contributed by atoms with Gasteiger partial charge < -0.3 is 15.2 Å². The minimum absolute atomic E-state index is 0.153. The molecule has 0 bridgehead atoms. The minimum Gasteiger partial charge on any atom is -0.371 e. The number of nitrogens with two attached hydrogens (primary N) is 1. The lowest BCUT2D eigenvalue weighted by Crippen LogP contribution is -2.18. The van der Waals surface area contributed by atoms with Crippen molar-refractivity contribution in [3.05, 3.63) is 30.2 Å². The Balaban J connectivity index is 2.15. The van der Waals surface area contributed by atoms with Crippen molar-refractivity contribution >= 4 is 11.6 Å². The summed E-state index contributed by atoms with van der Waals surface area (Å²) in [7, 11) is 0. The van der Waals surface area contributed by atoms with Crippen LogP contribution in [-0.2, 0) is 0 Å². The molecule has 1 aliphatic heterocycles. The average Bonchev–Trinajstić information content (AvgIpc) is 3.00. The fourth-order valence-electron chi connectivity index (χ4n) is 2.44. The number of hydrogen-bond acceptors (Lipinski definition) is 4. The van der Waals surface area contributed by atoms with Crippen molar-refractivity contribution in [3.8, 4) is 11.1 Å². The van der Waals surface area contributed by atoms with E-state index in [-0.39, 0.29) is 11.7 Å². The van der Waals surface area contributed by atoms with Crippen molar-refractivity contribution in [3.63, 3.8) is 0 Å².